The maximum absolute atomic E-state index is 12.7. The monoisotopic (exact) mass is 159 g/mol. The van der Waals surface area contributed by atoms with Crippen molar-refractivity contribution in [3.05, 3.63) is 0 Å². The van der Waals surface area contributed by atoms with Crippen molar-refractivity contribution >= 4 is 0 Å². The molecule has 2 saturated heterocycles. The van der Waals surface area contributed by atoms with Gasteiger partial charge in [0.25, 0.3) is 0 Å². The normalized spacial score (nSPS) is 40.1. The van der Waals surface area contributed by atoms with Crippen LogP contribution in [0.3, 0.4) is 0 Å². The van der Waals surface area contributed by atoms with Crippen molar-refractivity contribution in [1.29, 1.82) is 0 Å². The Kier molecular flexibility index (Phi) is 2.09. The fourth-order valence-corrected chi connectivity index (χ4v) is 1.78. The first-order valence-corrected chi connectivity index (χ1v) is 4.37. The SMILES string of the molecule is FC1OCC1N1CCCCC1. The van der Waals surface area contributed by atoms with Crippen molar-refractivity contribution in [3.63, 3.8) is 0 Å². The molecule has 0 radical (unpaired) electrons. The van der Waals surface area contributed by atoms with Gasteiger partial charge in [0.1, 0.15) is 0 Å². The van der Waals surface area contributed by atoms with Gasteiger partial charge in [-0.15, -0.1) is 0 Å². The van der Waals surface area contributed by atoms with Crippen LogP contribution in [0.2, 0.25) is 0 Å². The van der Waals surface area contributed by atoms with Gasteiger partial charge in [0.15, 0.2) is 0 Å². The Morgan fingerprint density at radius 1 is 1.18 bits per heavy atom. The van der Waals surface area contributed by atoms with E-state index in [1.807, 2.05) is 0 Å². The van der Waals surface area contributed by atoms with Crippen LogP contribution in [0.25, 0.3) is 0 Å². The van der Waals surface area contributed by atoms with Crippen molar-refractivity contribution in [2.24, 2.45) is 0 Å². The summed E-state index contributed by atoms with van der Waals surface area (Å²) < 4.78 is 17.4. The van der Waals surface area contributed by atoms with E-state index in [0.717, 1.165) is 13.1 Å². The molecular formula is C8H14FNO. The number of hydrogen-bond acceptors (Lipinski definition) is 2. The maximum atomic E-state index is 12.7. The van der Waals surface area contributed by atoms with E-state index in [2.05, 4.69) is 9.64 Å². The molecule has 0 spiro atoms. The van der Waals surface area contributed by atoms with Crippen LogP contribution < -0.4 is 0 Å². The van der Waals surface area contributed by atoms with Crippen LogP contribution in [0.1, 0.15) is 19.3 Å². The molecule has 3 heteroatoms. The van der Waals surface area contributed by atoms with E-state index in [9.17, 15) is 4.39 Å². The van der Waals surface area contributed by atoms with Crippen molar-refractivity contribution in [1.82, 2.24) is 4.90 Å². The Bertz CT molecular complexity index is 136. The second-order valence-corrected chi connectivity index (χ2v) is 3.35. The minimum absolute atomic E-state index is 0.0790. The summed E-state index contributed by atoms with van der Waals surface area (Å²) in [6.45, 7) is 2.73. The van der Waals surface area contributed by atoms with E-state index >= 15 is 0 Å². The van der Waals surface area contributed by atoms with Crippen LogP contribution in [0.5, 0.6) is 0 Å². The summed E-state index contributed by atoms with van der Waals surface area (Å²) >= 11 is 0. The van der Waals surface area contributed by atoms with E-state index in [-0.39, 0.29) is 6.04 Å². The van der Waals surface area contributed by atoms with Gasteiger partial charge >= 0.3 is 0 Å². The predicted molar refractivity (Wildman–Crippen MR) is 40.1 cm³/mol. The van der Waals surface area contributed by atoms with Gasteiger partial charge in [0.2, 0.25) is 6.36 Å². The van der Waals surface area contributed by atoms with Crippen LogP contribution in [-0.2, 0) is 4.74 Å². The van der Waals surface area contributed by atoms with E-state index in [0.29, 0.717) is 6.61 Å². The number of ether oxygens (including phenoxy) is 1. The van der Waals surface area contributed by atoms with E-state index in [1.165, 1.54) is 19.3 Å². The molecule has 2 heterocycles. The predicted octanol–water partition coefficient (Wildman–Crippen LogP) is 1.17. The minimum atomic E-state index is -1.01. The summed E-state index contributed by atoms with van der Waals surface area (Å²) in [5.41, 5.74) is 0. The third kappa shape index (κ3) is 1.40. The highest BCUT2D eigenvalue weighted by atomic mass is 19.1. The fraction of sp³-hybridized carbons (Fsp3) is 1.00. The molecule has 0 bridgehead atoms. The molecule has 0 aromatic rings. The van der Waals surface area contributed by atoms with Gasteiger partial charge in [-0.1, -0.05) is 6.42 Å². The second-order valence-electron chi connectivity index (χ2n) is 3.35. The molecule has 0 saturated carbocycles. The molecule has 2 atom stereocenters. The first kappa shape index (κ1) is 7.50. The van der Waals surface area contributed by atoms with Gasteiger partial charge in [0, 0.05) is 0 Å². The molecule has 0 aliphatic carbocycles. The quantitative estimate of drug-likeness (QED) is 0.569. The topological polar surface area (TPSA) is 12.5 Å². The molecule has 11 heavy (non-hydrogen) atoms. The van der Waals surface area contributed by atoms with Crippen molar-refractivity contribution in [2.75, 3.05) is 19.7 Å². The lowest BCUT2D eigenvalue weighted by atomic mass is 10.1. The number of rotatable bonds is 1. The zero-order valence-corrected chi connectivity index (χ0v) is 6.63. The molecule has 2 aliphatic heterocycles. The zero-order chi connectivity index (χ0) is 7.68. The zero-order valence-electron chi connectivity index (χ0n) is 6.63. The standard InChI is InChI=1S/C8H14FNO/c9-8-7(6-11-8)10-4-2-1-3-5-10/h7-8H,1-6H2. The Morgan fingerprint density at radius 2 is 1.91 bits per heavy atom. The van der Waals surface area contributed by atoms with Gasteiger partial charge in [-0.05, 0) is 25.9 Å². The van der Waals surface area contributed by atoms with E-state index < -0.39 is 6.36 Å². The van der Waals surface area contributed by atoms with E-state index in [4.69, 9.17) is 0 Å². The molecule has 2 aliphatic rings. The summed E-state index contributed by atoms with van der Waals surface area (Å²) in [5.74, 6) is 0. The number of piperidine rings is 1. The molecule has 0 amide bonds. The maximum Gasteiger partial charge on any atom is 0.216 e. The highest BCUT2D eigenvalue weighted by molar-refractivity contribution is 4.82. The Balaban J connectivity index is 1.83. The summed E-state index contributed by atoms with van der Waals surface area (Å²) in [5, 5.41) is 0. The van der Waals surface area contributed by atoms with Crippen LogP contribution in [0, 0.1) is 0 Å². The summed E-state index contributed by atoms with van der Waals surface area (Å²) in [6, 6.07) is 0.0790. The lowest BCUT2D eigenvalue weighted by Gasteiger charge is -2.41. The van der Waals surface area contributed by atoms with Gasteiger partial charge in [-0.3, -0.25) is 4.90 Å². The van der Waals surface area contributed by atoms with Gasteiger partial charge in [0.05, 0.1) is 12.6 Å². The molecule has 64 valence electrons. The minimum Gasteiger partial charge on any atom is -0.345 e. The largest absolute Gasteiger partial charge is 0.345 e. The summed E-state index contributed by atoms with van der Waals surface area (Å²) in [6.07, 6.45) is 2.75. The van der Waals surface area contributed by atoms with Gasteiger partial charge in [-0.25, -0.2) is 4.39 Å². The highest BCUT2D eigenvalue weighted by Crippen LogP contribution is 2.23. The summed E-state index contributed by atoms with van der Waals surface area (Å²) in [4.78, 5) is 2.22. The van der Waals surface area contributed by atoms with Crippen LogP contribution in [0.15, 0.2) is 0 Å². The molecule has 0 aromatic carbocycles. The number of hydrogen-bond donors (Lipinski definition) is 0. The molecule has 2 unspecified atom stereocenters. The summed E-state index contributed by atoms with van der Waals surface area (Å²) in [7, 11) is 0. The first-order valence-electron chi connectivity index (χ1n) is 4.37. The first-order chi connectivity index (χ1) is 5.38. The fourth-order valence-electron chi connectivity index (χ4n) is 1.78. The molecule has 2 fully saturated rings. The van der Waals surface area contributed by atoms with Crippen LogP contribution in [0.4, 0.5) is 4.39 Å². The van der Waals surface area contributed by atoms with Crippen molar-refractivity contribution in [2.45, 2.75) is 31.7 Å². The number of nitrogens with zero attached hydrogens (tertiary/aromatic N) is 1. The highest BCUT2D eigenvalue weighted by Gasteiger charge is 2.37. The Hall–Kier alpha value is -0.150. The smallest absolute Gasteiger partial charge is 0.216 e. The second kappa shape index (κ2) is 3.07. The van der Waals surface area contributed by atoms with Crippen molar-refractivity contribution in [3.8, 4) is 0 Å². The third-order valence-electron chi connectivity index (χ3n) is 2.59. The Morgan fingerprint density at radius 3 is 2.36 bits per heavy atom. The van der Waals surface area contributed by atoms with Gasteiger partial charge < -0.3 is 4.74 Å². The molecular weight excluding hydrogens is 145 g/mol. The van der Waals surface area contributed by atoms with E-state index in [1.54, 1.807) is 0 Å². The molecule has 2 rings (SSSR count). The molecule has 0 aromatic heterocycles. The molecule has 0 N–H and O–H groups in total. The lowest BCUT2D eigenvalue weighted by molar-refractivity contribution is -0.200. The van der Waals surface area contributed by atoms with Crippen LogP contribution in [-0.4, -0.2) is 37.0 Å². The Labute approximate surface area is 66.3 Å². The molecule has 2 nitrogen and oxygen atoms in total. The number of alkyl halides is 1. The van der Waals surface area contributed by atoms with Gasteiger partial charge in [-0.2, -0.15) is 0 Å². The van der Waals surface area contributed by atoms with Crippen molar-refractivity contribution < 1.29 is 9.13 Å². The average molecular weight is 159 g/mol. The lowest BCUT2D eigenvalue weighted by Crippen LogP contribution is -2.55. The van der Waals surface area contributed by atoms with Crippen LogP contribution >= 0.6 is 0 Å². The number of likely N-dealkylation sites (tertiary alicyclic amines) is 1. The third-order valence-corrected chi connectivity index (χ3v) is 2.59. The number of halogens is 1. The average Bonchev–Trinajstić information content (AvgIpc) is 2.04.